The molecule has 0 unspecified atom stereocenters. The van der Waals surface area contributed by atoms with E-state index >= 15 is 0 Å². The van der Waals surface area contributed by atoms with E-state index in [2.05, 4.69) is 25.5 Å². The first kappa shape index (κ1) is 19.3. The molecule has 2 aromatic heterocycles. The molecule has 0 bridgehead atoms. The normalized spacial score (nSPS) is 10.6. The lowest BCUT2D eigenvalue weighted by Crippen LogP contribution is -2.14. The van der Waals surface area contributed by atoms with Crippen LogP contribution >= 0.6 is 0 Å². The SMILES string of the molecule is COc1ccc(C)c(-c2ccnc(NC(=O)c3nnc(Cc4ccccc4)[nH]3)c2)c1. The van der Waals surface area contributed by atoms with Crippen LogP contribution in [-0.2, 0) is 6.42 Å². The van der Waals surface area contributed by atoms with Gasteiger partial charge in [-0.1, -0.05) is 36.4 Å². The molecule has 1 amide bonds. The molecule has 0 atom stereocenters. The Morgan fingerprint density at radius 1 is 1.07 bits per heavy atom. The minimum absolute atomic E-state index is 0.144. The Labute approximate surface area is 174 Å². The first-order valence-electron chi connectivity index (χ1n) is 9.50. The molecule has 0 aliphatic rings. The van der Waals surface area contributed by atoms with Gasteiger partial charge in [-0.3, -0.25) is 4.79 Å². The number of carbonyl (C=O) groups excluding carboxylic acids is 1. The molecule has 4 rings (SSSR count). The number of nitrogens with one attached hydrogen (secondary N) is 2. The average Bonchev–Trinajstić information content (AvgIpc) is 3.24. The van der Waals surface area contributed by atoms with E-state index in [-0.39, 0.29) is 5.82 Å². The molecule has 2 heterocycles. The predicted octanol–water partition coefficient (Wildman–Crippen LogP) is 4.03. The van der Waals surface area contributed by atoms with E-state index in [9.17, 15) is 4.79 Å². The van der Waals surface area contributed by atoms with Crippen LogP contribution in [0.2, 0.25) is 0 Å². The van der Waals surface area contributed by atoms with Crippen LogP contribution in [0.1, 0.15) is 27.6 Å². The number of pyridine rings is 1. The molecule has 0 aliphatic heterocycles. The fraction of sp³-hybridized carbons (Fsp3) is 0.130. The number of anilines is 1. The number of methoxy groups -OCH3 is 1. The van der Waals surface area contributed by atoms with Crippen molar-refractivity contribution < 1.29 is 9.53 Å². The van der Waals surface area contributed by atoms with Gasteiger partial charge in [0.1, 0.15) is 17.4 Å². The van der Waals surface area contributed by atoms with Crippen molar-refractivity contribution in [2.24, 2.45) is 0 Å². The summed E-state index contributed by atoms with van der Waals surface area (Å²) in [5.41, 5.74) is 4.12. The van der Waals surface area contributed by atoms with Crippen LogP contribution in [0, 0.1) is 6.92 Å². The van der Waals surface area contributed by atoms with Gasteiger partial charge >= 0.3 is 0 Å². The summed E-state index contributed by atoms with van der Waals surface area (Å²) in [7, 11) is 1.64. The minimum Gasteiger partial charge on any atom is -0.497 e. The van der Waals surface area contributed by atoms with E-state index in [1.54, 1.807) is 13.3 Å². The average molecular weight is 399 g/mol. The van der Waals surface area contributed by atoms with Gasteiger partial charge in [0.15, 0.2) is 0 Å². The molecule has 30 heavy (non-hydrogen) atoms. The van der Waals surface area contributed by atoms with Crippen molar-refractivity contribution in [2.45, 2.75) is 13.3 Å². The number of ether oxygens (including phenoxy) is 1. The largest absolute Gasteiger partial charge is 0.497 e. The van der Waals surface area contributed by atoms with Crippen molar-refractivity contribution in [1.82, 2.24) is 20.2 Å². The zero-order valence-electron chi connectivity index (χ0n) is 16.7. The van der Waals surface area contributed by atoms with E-state index in [4.69, 9.17) is 4.74 Å². The number of nitrogens with zero attached hydrogens (tertiary/aromatic N) is 3. The number of H-pyrrole nitrogens is 1. The second-order valence-electron chi connectivity index (χ2n) is 6.85. The Kier molecular flexibility index (Phi) is 5.52. The first-order valence-corrected chi connectivity index (χ1v) is 9.50. The standard InChI is InChI=1S/C23H21N5O2/c1-15-8-9-18(30-2)14-19(15)17-10-11-24-20(13-17)26-23(29)22-25-21(27-28-22)12-16-6-4-3-5-7-16/h3-11,13-14H,12H2,1-2H3,(H,24,26,29)(H,25,27,28). The molecule has 2 aromatic carbocycles. The topological polar surface area (TPSA) is 92.8 Å². The summed E-state index contributed by atoms with van der Waals surface area (Å²) in [5.74, 6) is 1.57. The van der Waals surface area contributed by atoms with Gasteiger partial charge in [-0.2, -0.15) is 0 Å². The van der Waals surface area contributed by atoms with E-state index in [0.29, 0.717) is 18.1 Å². The van der Waals surface area contributed by atoms with Gasteiger partial charge in [0.2, 0.25) is 5.82 Å². The van der Waals surface area contributed by atoms with Gasteiger partial charge in [-0.25, -0.2) is 4.98 Å². The van der Waals surface area contributed by atoms with Gasteiger partial charge in [0, 0.05) is 12.6 Å². The highest BCUT2D eigenvalue weighted by Gasteiger charge is 2.14. The minimum atomic E-state index is -0.395. The van der Waals surface area contributed by atoms with Crippen molar-refractivity contribution in [2.75, 3.05) is 12.4 Å². The summed E-state index contributed by atoms with van der Waals surface area (Å²) in [6, 6.07) is 19.5. The van der Waals surface area contributed by atoms with Gasteiger partial charge in [0.25, 0.3) is 5.91 Å². The molecule has 0 radical (unpaired) electrons. The molecule has 0 saturated heterocycles. The van der Waals surface area contributed by atoms with Gasteiger partial charge in [0.05, 0.1) is 7.11 Å². The van der Waals surface area contributed by atoms with E-state index in [1.165, 1.54) is 0 Å². The second kappa shape index (κ2) is 8.57. The zero-order valence-corrected chi connectivity index (χ0v) is 16.7. The number of aromatic amines is 1. The molecule has 0 aliphatic carbocycles. The van der Waals surface area contributed by atoms with Crippen molar-refractivity contribution in [3.63, 3.8) is 0 Å². The number of hydrogen-bond donors (Lipinski definition) is 2. The summed E-state index contributed by atoms with van der Waals surface area (Å²) in [4.78, 5) is 19.8. The molecule has 0 spiro atoms. The third kappa shape index (κ3) is 4.35. The van der Waals surface area contributed by atoms with Crippen molar-refractivity contribution in [3.8, 4) is 16.9 Å². The number of amides is 1. The van der Waals surface area contributed by atoms with Crippen LogP contribution in [0.3, 0.4) is 0 Å². The highest BCUT2D eigenvalue weighted by Crippen LogP contribution is 2.28. The second-order valence-corrected chi connectivity index (χ2v) is 6.85. The zero-order chi connectivity index (χ0) is 20.9. The van der Waals surface area contributed by atoms with Gasteiger partial charge in [-0.15, -0.1) is 10.2 Å². The fourth-order valence-corrected chi connectivity index (χ4v) is 3.15. The summed E-state index contributed by atoms with van der Waals surface area (Å²) < 4.78 is 5.32. The molecule has 0 saturated carbocycles. The third-order valence-corrected chi connectivity index (χ3v) is 4.72. The number of aryl methyl sites for hydroxylation is 1. The van der Waals surface area contributed by atoms with Crippen LogP contribution in [0.15, 0.2) is 66.9 Å². The van der Waals surface area contributed by atoms with Gasteiger partial charge < -0.3 is 15.0 Å². The summed E-state index contributed by atoms with van der Waals surface area (Å²) in [5, 5.41) is 10.8. The summed E-state index contributed by atoms with van der Waals surface area (Å²) in [6.07, 6.45) is 2.23. The quantitative estimate of drug-likeness (QED) is 0.511. The van der Waals surface area contributed by atoms with Gasteiger partial charge in [-0.05, 0) is 53.4 Å². The van der Waals surface area contributed by atoms with E-state index in [1.807, 2.05) is 67.6 Å². The molecule has 7 nitrogen and oxygen atoms in total. The molecule has 150 valence electrons. The molecule has 7 heteroatoms. The number of benzene rings is 2. The highest BCUT2D eigenvalue weighted by molar-refractivity contribution is 6.01. The Balaban J connectivity index is 1.50. The lowest BCUT2D eigenvalue weighted by molar-refractivity contribution is 0.101. The molecule has 4 aromatic rings. The van der Waals surface area contributed by atoms with Crippen LogP contribution in [0.5, 0.6) is 5.75 Å². The first-order chi connectivity index (χ1) is 14.6. The van der Waals surface area contributed by atoms with Crippen LogP contribution < -0.4 is 10.1 Å². The van der Waals surface area contributed by atoms with Crippen LogP contribution in [0.4, 0.5) is 5.82 Å². The Bertz CT molecular complexity index is 1170. The number of hydrogen-bond acceptors (Lipinski definition) is 5. The van der Waals surface area contributed by atoms with E-state index in [0.717, 1.165) is 28.0 Å². The summed E-state index contributed by atoms with van der Waals surface area (Å²) >= 11 is 0. The lowest BCUT2D eigenvalue weighted by atomic mass is 10.0. The number of carbonyl (C=O) groups is 1. The molecular weight excluding hydrogens is 378 g/mol. The van der Waals surface area contributed by atoms with Crippen LogP contribution in [0.25, 0.3) is 11.1 Å². The molecule has 0 fully saturated rings. The Hall–Kier alpha value is -4.00. The number of aromatic nitrogens is 4. The maximum absolute atomic E-state index is 12.6. The van der Waals surface area contributed by atoms with E-state index < -0.39 is 5.91 Å². The maximum Gasteiger partial charge on any atom is 0.294 e. The van der Waals surface area contributed by atoms with Crippen molar-refractivity contribution in [3.05, 3.63) is 89.6 Å². The lowest BCUT2D eigenvalue weighted by Gasteiger charge is -2.10. The summed E-state index contributed by atoms with van der Waals surface area (Å²) in [6.45, 7) is 2.02. The smallest absolute Gasteiger partial charge is 0.294 e. The third-order valence-electron chi connectivity index (χ3n) is 4.72. The number of rotatable bonds is 6. The van der Waals surface area contributed by atoms with Crippen molar-refractivity contribution >= 4 is 11.7 Å². The van der Waals surface area contributed by atoms with Crippen LogP contribution in [-0.4, -0.2) is 33.2 Å². The Morgan fingerprint density at radius 2 is 1.90 bits per heavy atom. The molecule has 2 N–H and O–H groups in total. The highest BCUT2D eigenvalue weighted by atomic mass is 16.5. The monoisotopic (exact) mass is 399 g/mol. The Morgan fingerprint density at radius 3 is 2.70 bits per heavy atom. The maximum atomic E-state index is 12.6. The predicted molar refractivity (Wildman–Crippen MR) is 115 cm³/mol. The van der Waals surface area contributed by atoms with Crippen molar-refractivity contribution in [1.29, 1.82) is 0 Å². The fourth-order valence-electron chi connectivity index (χ4n) is 3.15. The molecular formula is C23H21N5O2.